The van der Waals surface area contributed by atoms with Gasteiger partial charge in [0.25, 0.3) is 5.56 Å². The molecule has 4 rings (SSSR count). The quantitative estimate of drug-likeness (QED) is 0.354. The second-order valence-electron chi connectivity index (χ2n) is 8.59. The first kappa shape index (κ1) is 21.6. The molecule has 166 valence electrons. The lowest BCUT2D eigenvalue weighted by atomic mass is 9.92. The summed E-state index contributed by atoms with van der Waals surface area (Å²) in [5, 5.41) is 0.759. The average Bonchev–Trinajstić information content (AvgIpc) is 3.09. The third-order valence-corrected chi connectivity index (χ3v) is 6.62. The van der Waals surface area contributed by atoms with Crippen LogP contribution in [0.15, 0.2) is 27.0 Å². The summed E-state index contributed by atoms with van der Waals surface area (Å²) in [4.78, 5) is 43.0. The molecule has 1 saturated heterocycles. The number of aromatic nitrogens is 6. The minimum atomic E-state index is -0.443. The molecule has 9 nitrogen and oxygen atoms in total. The van der Waals surface area contributed by atoms with E-state index in [0.717, 1.165) is 42.1 Å². The fourth-order valence-corrected chi connectivity index (χ4v) is 5.18. The van der Waals surface area contributed by atoms with Crippen molar-refractivity contribution in [2.24, 2.45) is 18.9 Å². The number of aromatic amines is 1. The highest BCUT2D eigenvalue weighted by Crippen LogP contribution is 2.28. The van der Waals surface area contributed by atoms with Gasteiger partial charge in [-0.15, -0.1) is 0 Å². The third-order valence-electron chi connectivity index (χ3n) is 5.67. The molecule has 2 atom stereocenters. The molecule has 0 aromatic carbocycles. The Morgan fingerprint density at radius 2 is 1.94 bits per heavy atom. The smallest absolute Gasteiger partial charge is 0.329 e. The van der Waals surface area contributed by atoms with E-state index in [1.54, 1.807) is 25.0 Å². The Labute approximate surface area is 184 Å². The summed E-state index contributed by atoms with van der Waals surface area (Å²) < 4.78 is 3.40. The molecule has 4 heterocycles. The lowest BCUT2D eigenvalue weighted by Crippen LogP contribution is -2.40. The maximum absolute atomic E-state index is 12.7. The standard InChI is InChI=1S/C21H29N7O2S/c1-13-10-14(2)12-27(11-13)20-24-17-16(18(29)25-21(30)26(17)4)28(20)8-5-9-31-19-22-7-6-15(3)23-19/h6-7,13-14H,5,8-12H2,1-4H3,(H,25,29,30). The van der Waals surface area contributed by atoms with Crippen LogP contribution in [0.3, 0.4) is 0 Å². The molecule has 0 radical (unpaired) electrons. The van der Waals surface area contributed by atoms with E-state index in [1.165, 1.54) is 11.0 Å². The van der Waals surface area contributed by atoms with Crippen LogP contribution in [0.2, 0.25) is 0 Å². The van der Waals surface area contributed by atoms with E-state index in [9.17, 15) is 9.59 Å². The SMILES string of the molecule is Cc1ccnc(SCCCn2c(N3CC(C)CC(C)C3)nc3c2c(=O)[nH]c(=O)n3C)n1. The van der Waals surface area contributed by atoms with E-state index in [4.69, 9.17) is 4.98 Å². The van der Waals surface area contributed by atoms with Crippen molar-refractivity contribution < 1.29 is 0 Å². The van der Waals surface area contributed by atoms with E-state index in [1.807, 2.05) is 17.6 Å². The zero-order valence-corrected chi connectivity index (χ0v) is 19.3. The first-order chi connectivity index (χ1) is 14.8. The summed E-state index contributed by atoms with van der Waals surface area (Å²) in [7, 11) is 1.65. The third kappa shape index (κ3) is 4.53. The predicted octanol–water partition coefficient (Wildman–Crippen LogP) is 2.19. The van der Waals surface area contributed by atoms with Gasteiger partial charge in [-0.3, -0.25) is 14.3 Å². The second kappa shape index (κ2) is 8.86. The van der Waals surface area contributed by atoms with Crippen molar-refractivity contribution in [3.05, 3.63) is 38.8 Å². The van der Waals surface area contributed by atoms with Gasteiger partial charge in [0.1, 0.15) is 0 Å². The minimum Gasteiger partial charge on any atom is -0.342 e. The number of rotatable bonds is 6. The Kier molecular flexibility index (Phi) is 6.17. The molecule has 0 amide bonds. The predicted molar refractivity (Wildman–Crippen MR) is 123 cm³/mol. The van der Waals surface area contributed by atoms with Crippen molar-refractivity contribution in [2.75, 3.05) is 23.7 Å². The van der Waals surface area contributed by atoms with Gasteiger partial charge in [-0.05, 0) is 37.7 Å². The van der Waals surface area contributed by atoms with Crippen LogP contribution >= 0.6 is 11.8 Å². The van der Waals surface area contributed by atoms with E-state index in [-0.39, 0.29) is 5.56 Å². The first-order valence-corrected chi connectivity index (χ1v) is 11.7. The summed E-state index contributed by atoms with van der Waals surface area (Å²) in [6.07, 6.45) is 3.77. The number of hydrogen-bond donors (Lipinski definition) is 1. The molecule has 0 aliphatic carbocycles. The van der Waals surface area contributed by atoms with Gasteiger partial charge in [0.15, 0.2) is 16.3 Å². The number of thioether (sulfide) groups is 1. The average molecular weight is 444 g/mol. The van der Waals surface area contributed by atoms with Crippen molar-refractivity contribution in [1.29, 1.82) is 0 Å². The highest BCUT2D eigenvalue weighted by molar-refractivity contribution is 7.99. The number of imidazole rings is 1. The van der Waals surface area contributed by atoms with Crippen LogP contribution in [-0.4, -0.2) is 47.9 Å². The highest BCUT2D eigenvalue weighted by atomic mass is 32.2. The Morgan fingerprint density at radius 1 is 1.19 bits per heavy atom. The van der Waals surface area contributed by atoms with Gasteiger partial charge < -0.3 is 9.47 Å². The molecule has 3 aromatic rings. The van der Waals surface area contributed by atoms with Gasteiger partial charge in [-0.2, -0.15) is 4.98 Å². The summed E-state index contributed by atoms with van der Waals surface area (Å²) in [5.74, 6) is 2.69. The number of piperidine rings is 1. The van der Waals surface area contributed by atoms with Crippen LogP contribution in [0.1, 0.15) is 32.4 Å². The van der Waals surface area contributed by atoms with Crippen LogP contribution in [0, 0.1) is 18.8 Å². The van der Waals surface area contributed by atoms with Crippen LogP contribution in [0.4, 0.5) is 5.95 Å². The zero-order chi connectivity index (χ0) is 22.1. The number of fused-ring (bicyclic) bond motifs is 1. The second-order valence-corrected chi connectivity index (χ2v) is 9.65. The molecular formula is C21H29N7O2S. The number of nitrogens with one attached hydrogen (secondary N) is 1. The normalized spacial score (nSPS) is 19.3. The van der Waals surface area contributed by atoms with Crippen molar-refractivity contribution >= 4 is 28.9 Å². The number of nitrogens with zero attached hydrogens (tertiary/aromatic N) is 6. The molecule has 3 aromatic heterocycles. The van der Waals surface area contributed by atoms with Crippen molar-refractivity contribution in [3.8, 4) is 0 Å². The van der Waals surface area contributed by atoms with E-state index >= 15 is 0 Å². The summed E-state index contributed by atoms with van der Waals surface area (Å²) in [5.41, 5.74) is 1.01. The molecule has 1 N–H and O–H groups in total. The van der Waals surface area contributed by atoms with Gasteiger partial charge in [0.05, 0.1) is 0 Å². The Hall–Kier alpha value is -2.62. The van der Waals surface area contributed by atoms with Gasteiger partial charge in [-0.1, -0.05) is 25.6 Å². The van der Waals surface area contributed by atoms with Crippen LogP contribution in [0.5, 0.6) is 0 Å². The molecular weight excluding hydrogens is 414 g/mol. The number of H-pyrrole nitrogens is 1. The van der Waals surface area contributed by atoms with Gasteiger partial charge in [0.2, 0.25) is 5.95 Å². The number of hydrogen-bond acceptors (Lipinski definition) is 7. The molecule has 10 heteroatoms. The van der Waals surface area contributed by atoms with E-state index in [2.05, 4.69) is 33.7 Å². The Bertz CT molecular complexity index is 1190. The lowest BCUT2D eigenvalue weighted by molar-refractivity contribution is 0.351. The highest BCUT2D eigenvalue weighted by Gasteiger charge is 2.27. The monoisotopic (exact) mass is 443 g/mol. The van der Waals surface area contributed by atoms with Crippen molar-refractivity contribution in [2.45, 2.75) is 45.3 Å². The Morgan fingerprint density at radius 3 is 2.65 bits per heavy atom. The van der Waals surface area contributed by atoms with Crippen molar-refractivity contribution in [1.82, 2.24) is 29.1 Å². The molecule has 0 saturated carbocycles. The fourth-order valence-electron chi connectivity index (χ4n) is 4.38. The number of anilines is 1. The fraction of sp³-hybridized carbons (Fsp3) is 0.571. The largest absolute Gasteiger partial charge is 0.342 e. The maximum Gasteiger partial charge on any atom is 0.329 e. The van der Waals surface area contributed by atoms with Crippen LogP contribution in [-0.2, 0) is 13.6 Å². The molecule has 1 aliphatic heterocycles. The molecule has 2 unspecified atom stereocenters. The topological polar surface area (TPSA) is 102 Å². The molecule has 0 spiro atoms. The Balaban J connectivity index is 1.64. The number of aryl methyl sites for hydroxylation is 3. The van der Waals surface area contributed by atoms with Gasteiger partial charge in [0, 0.05) is 44.3 Å². The summed E-state index contributed by atoms with van der Waals surface area (Å²) >= 11 is 1.60. The van der Waals surface area contributed by atoms with Crippen molar-refractivity contribution in [3.63, 3.8) is 0 Å². The van der Waals surface area contributed by atoms with E-state index in [0.29, 0.717) is 29.5 Å². The van der Waals surface area contributed by atoms with Gasteiger partial charge in [-0.25, -0.2) is 14.8 Å². The molecule has 0 bridgehead atoms. The molecule has 1 aliphatic rings. The summed E-state index contributed by atoms with van der Waals surface area (Å²) in [6, 6.07) is 1.88. The molecule has 31 heavy (non-hydrogen) atoms. The zero-order valence-electron chi connectivity index (χ0n) is 18.5. The van der Waals surface area contributed by atoms with Crippen LogP contribution < -0.4 is 16.1 Å². The maximum atomic E-state index is 12.7. The minimum absolute atomic E-state index is 0.385. The van der Waals surface area contributed by atoms with Gasteiger partial charge >= 0.3 is 5.69 Å². The van der Waals surface area contributed by atoms with E-state index < -0.39 is 5.69 Å². The van der Waals surface area contributed by atoms with Crippen LogP contribution in [0.25, 0.3) is 11.2 Å². The first-order valence-electron chi connectivity index (χ1n) is 10.7. The summed E-state index contributed by atoms with van der Waals surface area (Å²) in [6.45, 7) is 8.86. The molecule has 1 fully saturated rings. The lowest BCUT2D eigenvalue weighted by Gasteiger charge is -2.35.